The highest BCUT2D eigenvalue weighted by atomic mass is 19.4. The molecule has 7 atom stereocenters. The molecule has 0 spiro atoms. The molecule has 2 unspecified atom stereocenters. The number of amides is 3. The van der Waals surface area contributed by atoms with Crippen LogP contribution in [0.1, 0.15) is 64.7 Å². The van der Waals surface area contributed by atoms with Gasteiger partial charge in [-0.05, 0) is 71.1 Å². The Morgan fingerprint density at radius 3 is 2.00 bits per heavy atom. The van der Waals surface area contributed by atoms with Crippen molar-refractivity contribution in [3.05, 3.63) is 88.0 Å². The summed E-state index contributed by atoms with van der Waals surface area (Å²) in [6, 6.07) is 3.86. The number of fused-ring (bicyclic) bond motifs is 13. The van der Waals surface area contributed by atoms with Gasteiger partial charge >= 0.3 is 24.6 Å². The number of benzene rings is 3. The van der Waals surface area contributed by atoms with Gasteiger partial charge in [-0.2, -0.15) is 39.5 Å². The lowest BCUT2D eigenvalue weighted by molar-refractivity contribution is -0.143. The molecule has 48 heavy (non-hydrogen) atoms. The van der Waals surface area contributed by atoms with Gasteiger partial charge in [0, 0.05) is 29.4 Å². The van der Waals surface area contributed by atoms with Crippen molar-refractivity contribution in [3.8, 4) is 16.9 Å². The summed E-state index contributed by atoms with van der Waals surface area (Å²) in [6.45, 7) is 1.68. The largest absolute Gasteiger partial charge is 0.496 e. The molecular formula is C33H26F9N3O3. The first-order valence-electron chi connectivity index (χ1n) is 15.0. The van der Waals surface area contributed by atoms with Gasteiger partial charge in [-0.1, -0.05) is 19.1 Å². The SMILES string of the molecule is COc1ccc2cc1-c1ccc(C(F)(F)F)cc1[C@@H]1CC(C3[C@@H](c4cc(C(F)(F)F)cc(C(F)(F)F)c4)NC(=O)N31)[C@H]1NC(=O)[C@@H](C)[C@H]21. The minimum atomic E-state index is -5.16. The smallest absolute Gasteiger partial charge is 0.416 e. The molecule has 4 bridgehead atoms. The summed E-state index contributed by atoms with van der Waals surface area (Å²) < 4.78 is 131. The lowest BCUT2D eigenvalue weighted by Gasteiger charge is -2.33. The van der Waals surface area contributed by atoms with Gasteiger partial charge in [0.25, 0.3) is 0 Å². The van der Waals surface area contributed by atoms with Crippen LogP contribution in [0.3, 0.4) is 0 Å². The second kappa shape index (κ2) is 10.5. The average molecular weight is 684 g/mol. The molecule has 1 aliphatic carbocycles. The van der Waals surface area contributed by atoms with Crippen LogP contribution in [0.4, 0.5) is 44.3 Å². The summed E-state index contributed by atoms with van der Waals surface area (Å²) in [6.07, 6.45) is -15.1. The van der Waals surface area contributed by atoms with E-state index in [2.05, 4.69) is 10.6 Å². The minimum absolute atomic E-state index is 0.0144. The molecule has 3 fully saturated rings. The Hall–Kier alpha value is -4.43. The molecule has 3 amide bonds. The van der Waals surface area contributed by atoms with Gasteiger partial charge in [-0.15, -0.1) is 0 Å². The zero-order chi connectivity index (χ0) is 34.7. The predicted octanol–water partition coefficient (Wildman–Crippen LogP) is 7.85. The molecule has 3 aromatic rings. The van der Waals surface area contributed by atoms with E-state index < -0.39 is 88.7 Å². The van der Waals surface area contributed by atoms with Crippen molar-refractivity contribution in [2.75, 3.05) is 7.11 Å². The maximum Gasteiger partial charge on any atom is 0.416 e. The van der Waals surface area contributed by atoms with E-state index in [-0.39, 0.29) is 24.0 Å². The van der Waals surface area contributed by atoms with Crippen LogP contribution in [0.25, 0.3) is 11.1 Å². The Morgan fingerprint density at radius 1 is 0.750 bits per heavy atom. The number of nitrogens with one attached hydrogen (secondary N) is 2. The van der Waals surface area contributed by atoms with Crippen LogP contribution in [0, 0.1) is 11.8 Å². The maximum atomic E-state index is 14.1. The molecular weight excluding hydrogens is 657 g/mol. The van der Waals surface area contributed by atoms with Gasteiger partial charge in [-0.25, -0.2) is 4.79 Å². The highest BCUT2D eigenvalue weighted by molar-refractivity contribution is 5.85. The van der Waals surface area contributed by atoms with Crippen molar-refractivity contribution in [1.29, 1.82) is 0 Å². The second-order valence-electron chi connectivity index (χ2n) is 12.7. The van der Waals surface area contributed by atoms with Crippen molar-refractivity contribution in [2.45, 2.75) is 62.0 Å². The van der Waals surface area contributed by atoms with Crippen LogP contribution >= 0.6 is 0 Å². The second-order valence-corrected chi connectivity index (χ2v) is 12.7. The van der Waals surface area contributed by atoms with E-state index >= 15 is 0 Å². The molecule has 3 heterocycles. The molecule has 3 aliphatic heterocycles. The fourth-order valence-corrected chi connectivity index (χ4v) is 8.11. The number of nitrogens with zero attached hydrogens (tertiary/aromatic N) is 1. The number of rotatable bonds is 2. The Bertz CT molecular complexity index is 1810. The van der Waals surface area contributed by atoms with E-state index in [1.165, 1.54) is 18.1 Å². The van der Waals surface area contributed by atoms with Gasteiger partial charge in [0.1, 0.15) is 5.75 Å². The van der Waals surface area contributed by atoms with Crippen LogP contribution in [0.15, 0.2) is 54.6 Å². The van der Waals surface area contributed by atoms with Crippen molar-refractivity contribution >= 4 is 11.9 Å². The zero-order valence-electron chi connectivity index (χ0n) is 25.0. The van der Waals surface area contributed by atoms with E-state index in [1.807, 2.05) is 0 Å². The van der Waals surface area contributed by atoms with E-state index in [1.54, 1.807) is 25.1 Å². The molecule has 6 nitrogen and oxygen atoms in total. The Morgan fingerprint density at radius 2 is 1.40 bits per heavy atom. The summed E-state index contributed by atoms with van der Waals surface area (Å²) in [7, 11) is 1.38. The first-order chi connectivity index (χ1) is 22.4. The summed E-state index contributed by atoms with van der Waals surface area (Å²) in [4.78, 5) is 28.2. The number of ether oxygens (including phenoxy) is 1. The maximum absolute atomic E-state index is 14.1. The number of carbonyl (C=O) groups excluding carboxylic acids is 2. The number of methoxy groups -OCH3 is 1. The third kappa shape index (κ3) is 4.95. The Balaban J connectivity index is 1.48. The topological polar surface area (TPSA) is 70.7 Å². The van der Waals surface area contributed by atoms with Gasteiger partial charge in [0.2, 0.25) is 5.91 Å². The molecule has 15 heteroatoms. The average Bonchev–Trinajstić information content (AvgIpc) is 3.65. The van der Waals surface area contributed by atoms with Crippen LogP contribution in [-0.4, -0.2) is 36.0 Å². The monoisotopic (exact) mass is 683 g/mol. The first kappa shape index (κ1) is 32.1. The molecule has 3 saturated heterocycles. The van der Waals surface area contributed by atoms with Crippen molar-refractivity contribution in [2.24, 2.45) is 11.8 Å². The third-order valence-electron chi connectivity index (χ3n) is 10.2. The number of hydrogen-bond acceptors (Lipinski definition) is 3. The molecule has 0 aromatic heterocycles. The predicted molar refractivity (Wildman–Crippen MR) is 151 cm³/mol. The highest BCUT2D eigenvalue weighted by Crippen LogP contribution is 2.56. The number of urea groups is 1. The molecule has 4 aliphatic rings. The third-order valence-corrected chi connectivity index (χ3v) is 10.2. The standard InChI is InChI=1S/C33H26F9N3O3/c1-13-25-14-3-6-24(48-2)21(9-14)19-5-4-16(31(34,35)36)11-20(19)23-12-22(27(25)43-29(13)46)28-26(44-30(47)45(23)28)15-7-17(32(37,38)39)10-18(8-15)33(40,41)42/h3-11,13,22-23,25-28H,12H2,1-2H3,(H,43,46)(H,44,47)/t13-,22?,23-,25+,26+,27+,28?/m0/s1. The Kier molecular flexibility index (Phi) is 7.05. The summed E-state index contributed by atoms with van der Waals surface area (Å²) in [5, 5.41) is 5.48. The van der Waals surface area contributed by atoms with E-state index in [4.69, 9.17) is 4.74 Å². The summed E-state index contributed by atoms with van der Waals surface area (Å²) in [5.41, 5.74) is -3.26. The van der Waals surface area contributed by atoms with Crippen molar-refractivity contribution < 1.29 is 53.8 Å². The fourth-order valence-electron chi connectivity index (χ4n) is 8.11. The normalized spacial score (nSPS) is 28.0. The molecule has 7 rings (SSSR count). The summed E-state index contributed by atoms with van der Waals surface area (Å²) >= 11 is 0. The van der Waals surface area contributed by atoms with Crippen molar-refractivity contribution in [1.82, 2.24) is 15.5 Å². The van der Waals surface area contributed by atoms with Gasteiger partial charge in [0.05, 0.1) is 41.9 Å². The zero-order valence-corrected chi connectivity index (χ0v) is 25.0. The molecule has 2 N–H and O–H groups in total. The van der Waals surface area contributed by atoms with E-state index in [0.29, 0.717) is 34.6 Å². The van der Waals surface area contributed by atoms with Crippen LogP contribution in [-0.2, 0) is 23.3 Å². The van der Waals surface area contributed by atoms with Gasteiger partial charge in [-0.3, -0.25) is 4.79 Å². The molecule has 0 saturated carbocycles. The van der Waals surface area contributed by atoms with Gasteiger partial charge < -0.3 is 20.3 Å². The van der Waals surface area contributed by atoms with E-state index in [9.17, 15) is 49.1 Å². The number of hydrogen-bond donors (Lipinski definition) is 2. The van der Waals surface area contributed by atoms with Crippen molar-refractivity contribution in [3.63, 3.8) is 0 Å². The van der Waals surface area contributed by atoms with Crippen LogP contribution in [0.5, 0.6) is 5.75 Å². The first-order valence-corrected chi connectivity index (χ1v) is 15.0. The molecule has 254 valence electrons. The number of carbonyl (C=O) groups is 2. The fraction of sp³-hybridized carbons (Fsp3) is 0.394. The Labute approximate surface area is 267 Å². The van der Waals surface area contributed by atoms with Crippen LogP contribution in [0.2, 0.25) is 0 Å². The minimum Gasteiger partial charge on any atom is -0.496 e. The number of alkyl halides is 9. The molecule has 3 aromatic carbocycles. The van der Waals surface area contributed by atoms with E-state index in [0.717, 1.165) is 12.1 Å². The lowest BCUT2D eigenvalue weighted by Crippen LogP contribution is -2.44. The number of halogens is 9. The summed E-state index contributed by atoms with van der Waals surface area (Å²) in [5.74, 6) is -2.05. The molecule has 0 radical (unpaired) electrons. The van der Waals surface area contributed by atoms with Gasteiger partial charge in [0.15, 0.2) is 0 Å². The van der Waals surface area contributed by atoms with Crippen LogP contribution < -0.4 is 15.4 Å². The lowest BCUT2D eigenvalue weighted by atomic mass is 9.73. The highest BCUT2D eigenvalue weighted by Gasteiger charge is 2.59. The quantitative estimate of drug-likeness (QED) is 0.271.